The molecule has 11 amide bonds. The van der Waals surface area contributed by atoms with Crippen LogP contribution in [0.5, 0.6) is 0 Å². The van der Waals surface area contributed by atoms with Crippen molar-refractivity contribution >= 4 is 135 Å². The van der Waals surface area contributed by atoms with Crippen LogP contribution in [0.15, 0.2) is 96.4 Å². The third kappa shape index (κ3) is 34.9. The number of amides is 11. The molecule has 6 N–H and O–H groups in total. The SMILES string of the molecule is C#CCOCCCN(C(=O)OC(C)(C)C)C(C)C.CC(C)N(CCCOCC#Cc1cccc2c1n(C)c(=O)n2C1CCC(=O)NC1=O)C(=O)OC(C)(C)C.CC(C)N(CCCOCCCc1cccc2c1n(C)c(=O)n2C1CCC(=O)NC1=O)C(=O)OC(C)(C)C.CC(C)NCCCOCCCc1cccc2c1n(C)c(=O)n2C1CCC(=O)NC1=O.CO.Cn1c(=O)n(C2CCC(=O)NC2=O)c2cccc(Br)c21.P. The Kier molecular flexibility index (Phi) is 48.1. The van der Waals surface area contributed by atoms with Gasteiger partial charge >= 0.3 is 41.0 Å². The summed E-state index contributed by atoms with van der Waals surface area (Å²) in [6, 6.07) is 20.2. The molecule has 4 aliphatic heterocycles. The van der Waals surface area contributed by atoms with Gasteiger partial charge in [0.25, 0.3) is 0 Å². The Balaban J connectivity index is 0.000000282. The number of aromatic nitrogens is 8. The third-order valence-corrected chi connectivity index (χ3v) is 24.1. The number of aryl methyl sites for hydroxylation is 6. The highest BCUT2D eigenvalue weighted by molar-refractivity contribution is 9.10. The van der Waals surface area contributed by atoms with Crippen LogP contribution in [0.4, 0.5) is 14.4 Å². The van der Waals surface area contributed by atoms with Crippen molar-refractivity contribution in [3.63, 3.8) is 0 Å². The Morgan fingerprint density at radius 2 is 0.710 bits per heavy atom. The van der Waals surface area contributed by atoms with Crippen LogP contribution in [-0.2, 0) is 113 Å². The Hall–Kier alpha value is -11.9. The number of carbonyl (C=O) groups is 11. The largest absolute Gasteiger partial charge is 0.444 e. The second kappa shape index (κ2) is 57.3. The Labute approximate surface area is 859 Å². The lowest BCUT2D eigenvalue weighted by Gasteiger charge is -2.30. The van der Waals surface area contributed by atoms with E-state index in [9.17, 15) is 71.9 Å². The van der Waals surface area contributed by atoms with E-state index in [1.54, 1.807) is 70.2 Å². The van der Waals surface area contributed by atoms with Gasteiger partial charge in [0.05, 0.1) is 49.7 Å². The number of benzene rings is 4. The van der Waals surface area contributed by atoms with Gasteiger partial charge in [-0.15, -0.1) is 6.42 Å². The highest BCUT2D eigenvalue weighted by Gasteiger charge is 2.38. The summed E-state index contributed by atoms with van der Waals surface area (Å²) in [6.07, 6.45) is 12.5. The molecule has 39 nitrogen and oxygen atoms in total. The van der Waals surface area contributed by atoms with E-state index < -0.39 is 64.6 Å². The third-order valence-electron chi connectivity index (χ3n) is 23.5. The van der Waals surface area contributed by atoms with Gasteiger partial charge in [0.15, 0.2) is 0 Å². The van der Waals surface area contributed by atoms with E-state index in [-0.39, 0.29) is 131 Å². The van der Waals surface area contributed by atoms with Crippen LogP contribution in [0, 0.1) is 24.2 Å². The Morgan fingerprint density at radius 1 is 0.421 bits per heavy atom. The predicted octanol–water partition coefficient (Wildman–Crippen LogP) is 11.1. The van der Waals surface area contributed by atoms with E-state index in [4.69, 9.17) is 44.7 Å². The summed E-state index contributed by atoms with van der Waals surface area (Å²) in [5.41, 5.74) is 5.73. The number of nitrogens with zero attached hydrogens (tertiary/aromatic N) is 11. The van der Waals surface area contributed by atoms with E-state index in [1.165, 1.54) is 27.4 Å². The van der Waals surface area contributed by atoms with Crippen LogP contribution >= 0.6 is 25.8 Å². The Bertz CT molecular complexity index is 6170. The molecule has 8 heterocycles. The normalized spacial score (nSPS) is 15.9. The minimum absolute atomic E-state index is 0. The molecule has 5 unspecified atom stereocenters. The number of para-hydroxylation sites is 4. The average molecular weight is 2110 g/mol. The second-order valence-corrected chi connectivity index (χ2v) is 40.3. The number of hydrogen-bond acceptors (Lipinski definition) is 24. The molecular formula is C104H152BrN16O23P. The van der Waals surface area contributed by atoms with Gasteiger partial charge in [-0.1, -0.05) is 68.0 Å². The molecule has 0 spiro atoms. The minimum atomic E-state index is -0.744. The van der Waals surface area contributed by atoms with Gasteiger partial charge < -0.3 is 58.3 Å². The van der Waals surface area contributed by atoms with Gasteiger partial charge in [0.2, 0.25) is 47.3 Å². The summed E-state index contributed by atoms with van der Waals surface area (Å²) in [7, 11) is 7.74. The molecule has 798 valence electrons. The molecule has 8 aromatic rings. The molecule has 41 heteroatoms. The van der Waals surface area contributed by atoms with Gasteiger partial charge in [-0.3, -0.25) is 96.2 Å². The lowest BCUT2D eigenvalue weighted by molar-refractivity contribution is -0.137. The number of ether oxygens (including phenoxy) is 7. The molecule has 4 aromatic heterocycles. The number of nitrogens with one attached hydrogen (secondary N) is 5. The molecule has 145 heavy (non-hydrogen) atoms. The smallest absolute Gasteiger partial charge is 0.410 e. The van der Waals surface area contributed by atoms with E-state index in [1.807, 2.05) is 158 Å². The zero-order chi connectivity index (χ0) is 107. The van der Waals surface area contributed by atoms with E-state index in [2.05, 4.69) is 74.1 Å². The summed E-state index contributed by atoms with van der Waals surface area (Å²) >= 11 is 3.42. The van der Waals surface area contributed by atoms with Crippen LogP contribution in [0.2, 0.25) is 0 Å². The van der Waals surface area contributed by atoms with Crippen molar-refractivity contribution in [1.82, 2.24) is 77.8 Å². The lowest BCUT2D eigenvalue weighted by Crippen LogP contribution is -2.44. The van der Waals surface area contributed by atoms with Gasteiger partial charge in [0, 0.05) is 149 Å². The van der Waals surface area contributed by atoms with Gasteiger partial charge in [-0.25, -0.2) is 33.6 Å². The first-order chi connectivity index (χ1) is 68.0. The number of carbonyl (C=O) groups excluding carboxylic acids is 11. The van der Waals surface area contributed by atoms with Gasteiger partial charge in [0.1, 0.15) is 54.2 Å². The minimum Gasteiger partial charge on any atom is -0.444 e. The van der Waals surface area contributed by atoms with Gasteiger partial charge in [-0.05, 0) is 251 Å². The Morgan fingerprint density at radius 3 is 1.03 bits per heavy atom. The van der Waals surface area contributed by atoms with Crippen LogP contribution in [-0.4, -0.2) is 249 Å². The molecule has 4 fully saturated rings. The van der Waals surface area contributed by atoms with E-state index in [0.29, 0.717) is 131 Å². The number of rotatable bonds is 34. The molecule has 4 aliphatic rings. The first-order valence-corrected chi connectivity index (χ1v) is 50.0. The molecule has 0 bridgehead atoms. The summed E-state index contributed by atoms with van der Waals surface area (Å²) in [5, 5.41) is 19.6. The number of terminal acetylenes is 1. The zero-order valence-corrected chi connectivity index (χ0v) is 91.4. The molecule has 0 aliphatic carbocycles. The number of imide groups is 4. The number of imidazole rings is 4. The number of aliphatic hydroxyl groups excluding tert-OH is 1. The van der Waals surface area contributed by atoms with E-state index in [0.717, 1.165) is 90.0 Å². The highest BCUT2D eigenvalue weighted by atomic mass is 79.9. The molecular weight excluding hydrogens is 1950 g/mol. The predicted molar refractivity (Wildman–Crippen MR) is 563 cm³/mol. The van der Waals surface area contributed by atoms with E-state index >= 15 is 0 Å². The maximum Gasteiger partial charge on any atom is 0.410 e. The maximum absolute atomic E-state index is 13.0. The summed E-state index contributed by atoms with van der Waals surface area (Å²) in [5.74, 6) is 5.49. The lowest BCUT2D eigenvalue weighted by atomic mass is 10.0. The second-order valence-electron chi connectivity index (χ2n) is 39.4. The molecule has 0 saturated carbocycles. The standard InChI is InChI=1S/C27H40N4O6.C27H36N4O6.C22H32N4O4.C14H25NO3.C13H12BrN3O3.CH4O.H3P/c2*1-18(2)30(26(35)37-27(3,4)5)15-9-17-36-16-8-11-19-10-7-12-20-23(19)29(6)25(34)31(20)21-13-14-22(32)28-24(21)33;1-15(2)23-12-6-14-30-13-5-8-16-7-4-9-17-20(16)25(3)22(29)26(17)18-10-11-19(27)24-21(18)28;1-7-10-17-11-8-9-15(12(2)3)13(16)18-14(4,5)6;1-16-11-7(14)3-2-4-8(11)17(13(16)20)9-5-6-10(18)15-12(9)19;1-2;/h7,10,12,18,21H,8-9,11,13-17H2,1-6H3,(H,28,32,33);7,10,12,18,21H,9,13-17H2,1-6H3,(H,28,32,33);4,7,9,15,18,23H,5-6,8,10-14H2,1-3H3,(H,24,27,28);1,12H,8-11H2,2-6H3;2-4,9H,5-6H2,1H3,(H,15,18,19);2H,1H3;1H3. The van der Waals surface area contributed by atoms with Crippen molar-refractivity contribution in [2.75, 3.05) is 86.1 Å². The maximum atomic E-state index is 13.0. The monoisotopic (exact) mass is 2100 g/mol. The molecule has 5 atom stereocenters. The fraction of sp³-hybridized carbons (Fsp3) is 0.587. The van der Waals surface area contributed by atoms with Gasteiger partial charge in [-0.2, -0.15) is 9.90 Å². The number of aliphatic hydroxyl groups is 1. The first kappa shape index (κ1) is 122. The number of halogens is 1. The summed E-state index contributed by atoms with van der Waals surface area (Å²) in [4.78, 5) is 188. The topological polar surface area (TPSA) is 450 Å². The number of piperidine rings is 4. The molecule has 12 rings (SSSR count). The summed E-state index contributed by atoms with van der Waals surface area (Å²) in [6.45, 7) is 39.2. The fourth-order valence-electron chi connectivity index (χ4n) is 16.8. The molecule has 4 aromatic carbocycles. The molecule has 0 radical (unpaired) electrons. The van der Waals surface area contributed by atoms with Crippen molar-refractivity contribution in [2.24, 2.45) is 28.2 Å². The first-order valence-electron chi connectivity index (χ1n) is 49.2. The highest BCUT2D eigenvalue weighted by Crippen LogP contribution is 2.32. The van der Waals surface area contributed by atoms with Crippen LogP contribution < -0.4 is 49.3 Å². The van der Waals surface area contributed by atoms with Crippen molar-refractivity contribution < 1.29 is 91.0 Å². The van der Waals surface area contributed by atoms with Crippen LogP contribution in [0.3, 0.4) is 0 Å². The van der Waals surface area contributed by atoms with Crippen molar-refractivity contribution in [2.45, 2.75) is 286 Å². The van der Waals surface area contributed by atoms with Crippen molar-refractivity contribution in [3.8, 4) is 24.2 Å². The van der Waals surface area contributed by atoms with Crippen LogP contribution in [0.1, 0.15) is 248 Å². The quantitative estimate of drug-likeness (QED) is 0.00717. The number of hydrogen-bond donors (Lipinski definition) is 6. The van der Waals surface area contributed by atoms with Crippen LogP contribution in [0.25, 0.3) is 44.1 Å². The molecule has 4 saturated heterocycles. The summed E-state index contributed by atoms with van der Waals surface area (Å²) < 4.78 is 51.6. The number of fused-ring (bicyclic) bond motifs is 4. The average Bonchev–Trinajstić information content (AvgIpc) is 1.61. The zero-order valence-electron chi connectivity index (χ0n) is 88.4. The van der Waals surface area contributed by atoms with Crippen molar-refractivity contribution in [3.05, 3.63) is 136 Å². The van der Waals surface area contributed by atoms with Crippen molar-refractivity contribution in [1.29, 1.82) is 0 Å². The fourth-order valence-corrected chi connectivity index (χ4v) is 17.5.